The molecule has 5 rings (SSSR count). The predicted molar refractivity (Wildman–Crippen MR) is 124 cm³/mol. The molecular formula is C25H16F2N2O4S. The summed E-state index contributed by atoms with van der Waals surface area (Å²) in [4.78, 5) is 31.8. The molecule has 1 aliphatic rings. The molecule has 1 unspecified atom stereocenters. The molecule has 170 valence electrons. The van der Waals surface area contributed by atoms with Crippen molar-refractivity contribution in [3.63, 3.8) is 0 Å². The first kappa shape index (κ1) is 21.7. The van der Waals surface area contributed by atoms with Crippen molar-refractivity contribution >= 4 is 44.1 Å². The summed E-state index contributed by atoms with van der Waals surface area (Å²) < 4.78 is 34.3. The van der Waals surface area contributed by atoms with Crippen molar-refractivity contribution in [1.82, 2.24) is 4.98 Å². The van der Waals surface area contributed by atoms with Crippen LogP contribution >= 0.6 is 11.3 Å². The maximum atomic E-state index is 15.0. The van der Waals surface area contributed by atoms with Crippen molar-refractivity contribution in [3.05, 3.63) is 95.1 Å². The van der Waals surface area contributed by atoms with E-state index in [1.165, 1.54) is 49.6 Å². The number of carbonyl (C=O) groups excluding carboxylic acids is 2. The zero-order valence-corrected chi connectivity index (χ0v) is 18.5. The van der Waals surface area contributed by atoms with E-state index in [-0.39, 0.29) is 21.8 Å². The van der Waals surface area contributed by atoms with Gasteiger partial charge in [0.25, 0.3) is 5.78 Å². The highest BCUT2D eigenvalue weighted by Gasteiger charge is 2.49. The van der Waals surface area contributed by atoms with Gasteiger partial charge in [0.15, 0.2) is 5.13 Å². The SMILES string of the molecule is COc1cccc(C(O)=C2C(=O)C(=O)N(c3nc4ccc(F)cc4s3)C2c2ccccc2F)c1. The Morgan fingerprint density at radius 2 is 1.85 bits per heavy atom. The summed E-state index contributed by atoms with van der Waals surface area (Å²) in [6, 6.07) is 14.7. The number of hydrogen-bond donors (Lipinski definition) is 1. The molecule has 1 saturated heterocycles. The molecule has 2 heterocycles. The van der Waals surface area contributed by atoms with E-state index in [0.717, 1.165) is 16.2 Å². The highest BCUT2D eigenvalue weighted by atomic mass is 32.1. The molecule has 1 amide bonds. The molecule has 1 aromatic heterocycles. The lowest BCUT2D eigenvalue weighted by Crippen LogP contribution is -2.29. The molecule has 0 spiro atoms. The summed E-state index contributed by atoms with van der Waals surface area (Å²) >= 11 is 0.989. The number of ketones is 1. The van der Waals surface area contributed by atoms with Crippen LogP contribution in [-0.4, -0.2) is 28.9 Å². The number of carbonyl (C=O) groups is 2. The Labute approximate surface area is 196 Å². The zero-order valence-electron chi connectivity index (χ0n) is 17.7. The van der Waals surface area contributed by atoms with Crippen LogP contribution in [0.25, 0.3) is 16.0 Å². The second-order valence-corrected chi connectivity index (χ2v) is 8.54. The third-order valence-electron chi connectivity index (χ3n) is 5.53. The molecule has 6 nitrogen and oxygen atoms in total. The standard InChI is InChI=1S/C25H16F2N2O4S/c1-33-15-6-4-5-13(11-15)22(30)20-21(16-7-2-3-8-17(16)27)29(24(32)23(20)31)25-28-18-10-9-14(26)12-19(18)34-25/h2-12,21,30H,1H3. The smallest absolute Gasteiger partial charge is 0.301 e. The molecule has 0 radical (unpaired) electrons. The van der Waals surface area contributed by atoms with Crippen LogP contribution in [0.4, 0.5) is 13.9 Å². The Kier molecular flexibility index (Phi) is 5.33. The normalized spacial score (nSPS) is 17.5. The molecule has 1 fully saturated rings. The first-order valence-electron chi connectivity index (χ1n) is 10.1. The average molecular weight is 478 g/mol. The number of thiazole rings is 1. The first-order valence-corrected chi connectivity index (χ1v) is 11.0. The zero-order chi connectivity index (χ0) is 24.0. The predicted octanol–water partition coefficient (Wildman–Crippen LogP) is 5.21. The number of hydrogen-bond acceptors (Lipinski definition) is 6. The van der Waals surface area contributed by atoms with E-state index in [2.05, 4.69) is 4.98 Å². The lowest BCUT2D eigenvalue weighted by atomic mass is 9.95. The summed E-state index contributed by atoms with van der Waals surface area (Å²) in [5.41, 5.74) is 0.374. The molecule has 4 aromatic rings. The first-order chi connectivity index (χ1) is 16.4. The Hall–Kier alpha value is -4.11. The molecule has 1 aliphatic heterocycles. The van der Waals surface area contributed by atoms with Gasteiger partial charge in [0.05, 0.1) is 22.9 Å². The molecule has 3 aromatic carbocycles. The van der Waals surface area contributed by atoms with Crippen molar-refractivity contribution in [2.24, 2.45) is 0 Å². The van der Waals surface area contributed by atoms with Gasteiger partial charge in [-0.1, -0.05) is 41.7 Å². The summed E-state index contributed by atoms with van der Waals surface area (Å²) in [6.07, 6.45) is 0. The Morgan fingerprint density at radius 1 is 1.06 bits per heavy atom. The number of anilines is 1. The molecule has 0 saturated carbocycles. The van der Waals surface area contributed by atoms with Crippen LogP contribution in [0.3, 0.4) is 0 Å². The summed E-state index contributed by atoms with van der Waals surface area (Å²) in [5, 5.41) is 11.2. The highest BCUT2D eigenvalue weighted by Crippen LogP contribution is 2.45. The van der Waals surface area contributed by atoms with E-state index in [9.17, 15) is 23.5 Å². The fourth-order valence-corrected chi connectivity index (χ4v) is 4.95. The molecular weight excluding hydrogens is 462 g/mol. The van der Waals surface area contributed by atoms with Crippen LogP contribution in [-0.2, 0) is 9.59 Å². The van der Waals surface area contributed by atoms with E-state index < -0.39 is 35.1 Å². The third kappa shape index (κ3) is 3.50. The van der Waals surface area contributed by atoms with Crippen LogP contribution in [0.5, 0.6) is 5.75 Å². The minimum Gasteiger partial charge on any atom is -0.507 e. The van der Waals surface area contributed by atoms with Gasteiger partial charge in [-0.25, -0.2) is 13.8 Å². The number of benzene rings is 3. The molecule has 1 atom stereocenters. The Balaban J connectivity index is 1.75. The monoisotopic (exact) mass is 478 g/mol. The number of ether oxygens (including phenoxy) is 1. The number of amides is 1. The number of Topliss-reactive ketones (excluding diaryl/α,β-unsaturated/α-hetero) is 1. The quantitative estimate of drug-likeness (QED) is 0.248. The number of aromatic nitrogens is 1. The Bertz CT molecular complexity index is 1500. The minimum absolute atomic E-state index is 0.0107. The number of halogens is 2. The van der Waals surface area contributed by atoms with Crippen molar-refractivity contribution in [1.29, 1.82) is 0 Å². The number of nitrogens with zero attached hydrogens (tertiary/aromatic N) is 2. The number of methoxy groups -OCH3 is 1. The van der Waals surface area contributed by atoms with E-state index in [4.69, 9.17) is 4.74 Å². The average Bonchev–Trinajstić information content (AvgIpc) is 3.36. The summed E-state index contributed by atoms with van der Waals surface area (Å²) in [5.74, 6) is -3.15. The van der Waals surface area contributed by atoms with Crippen LogP contribution in [0, 0.1) is 11.6 Å². The van der Waals surface area contributed by atoms with E-state index in [0.29, 0.717) is 16.0 Å². The maximum Gasteiger partial charge on any atom is 0.301 e. The second-order valence-electron chi connectivity index (χ2n) is 7.53. The minimum atomic E-state index is -1.28. The van der Waals surface area contributed by atoms with E-state index in [1.54, 1.807) is 24.3 Å². The van der Waals surface area contributed by atoms with Gasteiger partial charge in [-0.2, -0.15) is 0 Å². The van der Waals surface area contributed by atoms with Gasteiger partial charge in [-0.05, 0) is 36.4 Å². The van der Waals surface area contributed by atoms with Gasteiger partial charge >= 0.3 is 5.91 Å². The van der Waals surface area contributed by atoms with Gasteiger partial charge in [0, 0.05) is 11.1 Å². The number of aliphatic hydroxyl groups is 1. The lowest BCUT2D eigenvalue weighted by Gasteiger charge is -2.23. The van der Waals surface area contributed by atoms with Crippen LogP contribution in [0.1, 0.15) is 17.2 Å². The number of fused-ring (bicyclic) bond motifs is 1. The van der Waals surface area contributed by atoms with Crippen molar-refractivity contribution in [2.45, 2.75) is 6.04 Å². The van der Waals surface area contributed by atoms with E-state index >= 15 is 0 Å². The van der Waals surface area contributed by atoms with Crippen LogP contribution < -0.4 is 9.64 Å². The van der Waals surface area contributed by atoms with Crippen LogP contribution in [0.15, 0.2) is 72.3 Å². The summed E-state index contributed by atoms with van der Waals surface area (Å²) in [7, 11) is 1.45. The van der Waals surface area contributed by atoms with Crippen LogP contribution in [0.2, 0.25) is 0 Å². The second kappa shape index (κ2) is 8.35. The maximum absolute atomic E-state index is 15.0. The van der Waals surface area contributed by atoms with E-state index in [1.807, 2.05) is 0 Å². The highest BCUT2D eigenvalue weighted by molar-refractivity contribution is 7.22. The summed E-state index contributed by atoms with van der Waals surface area (Å²) in [6.45, 7) is 0. The molecule has 0 bridgehead atoms. The van der Waals surface area contributed by atoms with Gasteiger partial charge in [0.2, 0.25) is 0 Å². The third-order valence-corrected chi connectivity index (χ3v) is 6.55. The fourth-order valence-electron chi connectivity index (χ4n) is 3.94. The number of aliphatic hydroxyl groups excluding tert-OH is 1. The van der Waals surface area contributed by atoms with Gasteiger partial charge in [-0.15, -0.1) is 0 Å². The molecule has 34 heavy (non-hydrogen) atoms. The fraction of sp³-hybridized carbons (Fsp3) is 0.0800. The number of rotatable bonds is 4. The van der Waals surface area contributed by atoms with Crippen molar-refractivity contribution in [2.75, 3.05) is 12.0 Å². The Morgan fingerprint density at radius 3 is 2.62 bits per heavy atom. The molecule has 0 aliphatic carbocycles. The van der Waals surface area contributed by atoms with Gasteiger partial charge < -0.3 is 9.84 Å². The van der Waals surface area contributed by atoms with Crippen molar-refractivity contribution < 1.29 is 28.2 Å². The largest absolute Gasteiger partial charge is 0.507 e. The molecule has 9 heteroatoms. The van der Waals surface area contributed by atoms with Gasteiger partial charge in [0.1, 0.15) is 29.2 Å². The van der Waals surface area contributed by atoms with Gasteiger partial charge in [-0.3, -0.25) is 14.5 Å². The molecule has 1 N–H and O–H groups in total. The topological polar surface area (TPSA) is 79.7 Å². The van der Waals surface area contributed by atoms with Crippen molar-refractivity contribution in [3.8, 4) is 5.75 Å². The lowest BCUT2D eigenvalue weighted by molar-refractivity contribution is -0.132.